The van der Waals surface area contributed by atoms with Crippen molar-refractivity contribution in [3.05, 3.63) is 41.5 Å². The van der Waals surface area contributed by atoms with Gasteiger partial charge in [-0.2, -0.15) is 0 Å². The Balaban J connectivity index is 2.06. The molecule has 1 aliphatic rings. The summed E-state index contributed by atoms with van der Waals surface area (Å²) in [5.41, 5.74) is 7.66. The van der Waals surface area contributed by atoms with Crippen LogP contribution in [0.3, 0.4) is 0 Å². The van der Waals surface area contributed by atoms with Gasteiger partial charge in [0.15, 0.2) is 6.29 Å². The fourth-order valence-corrected chi connectivity index (χ4v) is 1.68. The number of rotatable bonds is 4. The summed E-state index contributed by atoms with van der Waals surface area (Å²) in [7, 11) is 0. The monoisotopic (exact) mass is 219 g/mol. The first-order valence-corrected chi connectivity index (χ1v) is 5.60. The lowest BCUT2D eigenvalue weighted by molar-refractivity contribution is -0.0441. The van der Waals surface area contributed by atoms with Gasteiger partial charge >= 0.3 is 0 Å². The Bertz CT molecular complexity index is 357. The van der Waals surface area contributed by atoms with Gasteiger partial charge in [0, 0.05) is 5.56 Å². The third kappa shape index (κ3) is 2.92. The second-order valence-electron chi connectivity index (χ2n) is 3.72. The summed E-state index contributed by atoms with van der Waals surface area (Å²) in [5.74, 6) is 0. The van der Waals surface area contributed by atoms with Crippen LogP contribution in [0.1, 0.15) is 23.8 Å². The zero-order valence-electron chi connectivity index (χ0n) is 9.26. The molecule has 0 saturated carbocycles. The molecule has 1 fully saturated rings. The van der Waals surface area contributed by atoms with Gasteiger partial charge in [0.05, 0.1) is 13.2 Å². The van der Waals surface area contributed by atoms with Crippen LogP contribution in [0.2, 0.25) is 0 Å². The van der Waals surface area contributed by atoms with Crippen molar-refractivity contribution in [3.63, 3.8) is 0 Å². The highest BCUT2D eigenvalue weighted by molar-refractivity contribution is 5.50. The summed E-state index contributed by atoms with van der Waals surface area (Å²) in [5, 5.41) is 0. The summed E-state index contributed by atoms with van der Waals surface area (Å²) < 4.78 is 10.9. The molecule has 1 aromatic rings. The van der Waals surface area contributed by atoms with Gasteiger partial charge in [0.1, 0.15) is 0 Å². The molecule has 0 amide bonds. The van der Waals surface area contributed by atoms with Crippen molar-refractivity contribution in [1.29, 1.82) is 0 Å². The highest BCUT2D eigenvalue weighted by Gasteiger charge is 2.17. The molecule has 0 spiro atoms. The second-order valence-corrected chi connectivity index (χ2v) is 3.72. The van der Waals surface area contributed by atoms with Gasteiger partial charge in [0.25, 0.3) is 0 Å². The molecule has 0 aliphatic carbocycles. The van der Waals surface area contributed by atoms with E-state index >= 15 is 0 Å². The Morgan fingerprint density at radius 3 is 2.88 bits per heavy atom. The van der Waals surface area contributed by atoms with Crippen molar-refractivity contribution >= 4 is 6.08 Å². The number of benzene rings is 1. The lowest BCUT2D eigenvalue weighted by Crippen LogP contribution is -1.98. The van der Waals surface area contributed by atoms with E-state index in [0.717, 1.165) is 17.5 Å². The Morgan fingerprint density at radius 2 is 2.12 bits per heavy atom. The smallest absolute Gasteiger partial charge is 0.184 e. The topological polar surface area (TPSA) is 44.5 Å². The molecular formula is C13H17NO2. The van der Waals surface area contributed by atoms with Gasteiger partial charge in [-0.15, -0.1) is 0 Å². The molecule has 0 radical (unpaired) electrons. The van der Waals surface area contributed by atoms with E-state index < -0.39 is 0 Å². The molecule has 1 aliphatic heterocycles. The lowest BCUT2D eigenvalue weighted by Gasteiger charge is -2.09. The third-order valence-corrected chi connectivity index (χ3v) is 2.45. The summed E-state index contributed by atoms with van der Waals surface area (Å²) in [6.07, 6.45) is 4.87. The quantitative estimate of drug-likeness (QED) is 0.843. The summed E-state index contributed by atoms with van der Waals surface area (Å²) in [4.78, 5) is 0. The van der Waals surface area contributed by atoms with Crippen molar-refractivity contribution in [2.45, 2.75) is 12.7 Å². The van der Waals surface area contributed by atoms with Crippen molar-refractivity contribution in [2.75, 3.05) is 19.8 Å². The molecule has 3 heteroatoms. The average molecular weight is 219 g/mol. The first-order chi connectivity index (χ1) is 7.90. The number of ether oxygens (including phenoxy) is 2. The maximum Gasteiger partial charge on any atom is 0.184 e. The Labute approximate surface area is 95.9 Å². The van der Waals surface area contributed by atoms with Crippen molar-refractivity contribution in [1.82, 2.24) is 0 Å². The van der Waals surface area contributed by atoms with Crippen LogP contribution in [0.4, 0.5) is 0 Å². The Morgan fingerprint density at radius 1 is 1.31 bits per heavy atom. The number of hydrogen-bond donors (Lipinski definition) is 1. The van der Waals surface area contributed by atoms with Crippen LogP contribution in [-0.2, 0) is 9.47 Å². The van der Waals surface area contributed by atoms with Crippen LogP contribution < -0.4 is 5.73 Å². The molecule has 1 aromatic carbocycles. The number of hydrogen-bond acceptors (Lipinski definition) is 3. The van der Waals surface area contributed by atoms with E-state index in [9.17, 15) is 0 Å². The molecule has 3 nitrogen and oxygen atoms in total. The SMILES string of the molecule is NCCC=Cc1cccc(C2OCCO2)c1. The normalized spacial score (nSPS) is 17.3. The van der Waals surface area contributed by atoms with Crippen LogP contribution in [0.15, 0.2) is 30.3 Å². The minimum absolute atomic E-state index is 0.192. The van der Waals surface area contributed by atoms with Crippen molar-refractivity contribution in [3.8, 4) is 0 Å². The maximum atomic E-state index is 5.45. The zero-order chi connectivity index (χ0) is 11.2. The summed E-state index contributed by atoms with van der Waals surface area (Å²) >= 11 is 0. The van der Waals surface area contributed by atoms with Gasteiger partial charge in [-0.25, -0.2) is 0 Å². The second kappa shape index (κ2) is 5.80. The van der Waals surface area contributed by atoms with Gasteiger partial charge < -0.3 is 15.2 Å². The third-order valence-electron chi connectivity index (χ3n) is 2.45. The van der Waals surface area contributed by atoms with Crippen molar-refractivity contribution in [2.24, 2.45) is 5.73 Å². The number of nitrogens with two attached hydrogens (primary N) is 1. The Kier molecular flexibility index (Phi) is 4.10. The standard InChI is InChI=1S/C13H17NO2/c14-7-2-1-4-11-5-3-6-12(10-11)13-15-8-9-16-13/h1,3-6,10,13H,2,7-9,14H2. The first-order valence-electron chi connectivity index (χ1n) is 5.60. The molecule has 0 atom stereocenters. The predicted molar refractivity (Wildman–Crippen MR) is 63.8 cm³/mol. The predicted octanol–water partition coefficient (Wildman–Crippen LogP) is 2.09. The van der Waals surface area contributed by atoms with Crippen molar-refractivity contribution < 1.29 is 9.47 Å². The minimum atomic E-state index is -0.192. The highest BCUT2D eigenvalue weighted by atomic mass is 16.7. The molecular weight excluding hydrogens is 202 g/mol. The van der Waals surface area contributed by atoms with Crippen LogP contribution in [0.25, 0.3) is 6.08 Å². The largest absolute Gasteiger partial charge is 0.346 e. The Hall–Kier alpha value is -1.16. The fourth-order valence-electron chi connectivity index (χ4n) is 1.68. The molecule has 0 bridgehead atoms. The summed E-state index contributed by atoms with van der Waals surface area (Å²) in [6, 6.07) is 8.19. The molecule has 1 heterocycles. The maximum absolute atomic E-state index is 5.45. The summed E-state index contributed by atoms with van der Waals surface area (Å²) in [6.45, 7) is 2.04. The average Bonchev–Trinajstić information content (AvgIpc) is 2.83. The molecule has 16 heavy (non-hydrogen) atoms. The van der Waals surface area contributed by atoms with Gasteiger partial charge in [-0.05, 0) is 24.6 Å². The van der Waals surface area contributed by atoms with E-state index in [-0.39, 0.29) is 6.29 Å². The van der Waals surface area contributed by atoms with Crippen LogP contribution >= 0.6 is 0 Å². The zero-order valence-corrected chi connectivity index (χ0v) is 9.26. The van der Waals surface area contributed by atoms with Gasteiger partial charge in [0.2, 0.25) is 0 Å². The molecule has 86 valence electrons. The van der Waals surface area contributed by atoms with E-state index in [0.29, 0.717) is 19.8 Å². The van der Waals surface area contributed by atoms with Crippen LogP contribution in [-0.4, -0.2) is 19.8 Å². The molecule has 2 N–H and O–H groups in total. The molecule has 2 rings (SSSR count). The van der Waals surface area contributed by atoms with Gasteiger partial charge in [-0.3, -0.25) is 0 Å². The molecule has 1 saturated heterocycles. The van der Waals surface area contributed by atoms with Gasteiger partial charge in [-0.1, -0.05) is 30.4 Å². The fraction of sp³-hybridized carbons (Fsp3) is 0.385. The van der Waals surface area contributed by atoms with E-state index in [1.54, 1.807) is 0 Å². The van der Waals surface area contributed by atoms with Crippen LogP contribution in [0.5, 0.6) is 0 Å². The van der Waals surface area contributed by atoms with Crippen LogP contribution in [0, 0.1) is 0 Å². The molecule has 0 unspecified atom stereocenters. The lowest BCUT2D eigenvalue weighted by atomic mass is 10.1. The van der Waals surface area contributed by atoms with E-state index in [4.69, 9.17) is 15.2 Å². The first kappa shape index (κ1) is 11.3. The van der Waals surface area contributed by atoms with E-state index in [2.05, 4.69) is 24.3 Å². The molecule has 0 aromatic heterocycles. The minimum Gasteiger partial charge on any atom is -0.346 e. The highest BCUT2D eigenvalue weighted by Crippen LogP contribution is 2.24. The van der Waals surface area contributed by atoms with E-state index in [1.165, 1.54) is 0 Å². The van der Waals surface area contributed by atoms with E-state index in [1.807, 2.05) is 12.1 Å².